The number of nitrogens with zero attached hydrogens (tertiary/aromatic N) is 1. The maximum atomic E-state index is 13.1. The van der Waals surface area contributed by atoms with Crippen LogP contribution in [0.3, 0.4) is 0 Å². The first-order chi connectivity index (χ1) is 15.8. The molecule has 8 nitrogen and oxygen atoms in total. The van der Waals surface area contributed by atoms with Crippen molar-refractivity contribution in [3.05, 3.63) is 62.7 Å². The molecule has 172 valence electrons. The fraction of sp³-hybridized carbons (Fsp3) is 0.227. The van der Waals surface area contributed by atoms with Gasteiger partial charge in [0.25, 0.3) is 5.91 Å². The average molecular weight is 554 g/mol. The first-order valence-corrected chi connectivity index (χ1v) is 11.6. The molecule has 3 amide bonds. The zero-order chi connectivity index (χ0) is 23.5. The standard InChI is InChI=1S/C22H19BrCl2N4O4/c23-13-3-6-18-12(8-13)9-19(20(30)27-17-5-4-14(24)10-16(17)25)29(18)28-22(32)21(31)26-11-15-2-1-7-33-15/h3-6,8-10,15H,1-2,7,11H2,(H,26,31)(H,27,30)(H,28,32)/t15-/m0/s1. The molecule has 1 saturated heterocycles. The van der Waals surface area contributed by atoms with Gasteiger partial charge in [0.05, 0.1) is 22.3 Å². The van der Waals surface area contributed by atoms with Crippen LogP contribution in [0.4, 0.5) is 5.69 Å². The number of fused-ring (bicyclic) bond motifs is 1. The fourth-order valence-corrected chi connectivity index (χ4v) is 4.33. The number of benzene rings is 2. The Bertz CT molecular complexity index is 1240. The van der Waals surface area contributed by atoms with Crippen LogP contribution in [0.1, 0.15) is 23.3 Å². The molecule has 0 radical (unpaired) electrons. The van der Waals surface area contributed by atoms with Gasteiger partial charge in [-0.15, -0.1) is 0 Å². The number of ether oxygens (including phenoxy) is 1. The summed E-state index contributed by atoms with van der Waals surface area (Å²) in [5.74, 6) is -2.27. The first-order valence-electron chi connectivity index (χ1n) is 10.1. The van der Waals surface area contributed by atoms with Crippen LogP contribution < -0.4 is 16.1 Å². The van der Waals surface area contributed by atoms with Gasteiger partial charge in [-0.1, -0.05) is 39.1 Å². The quantitative estimate of drug-likeness (QED) is 0.409. The highest BCUT2D eigenvalue weighted by molar-refractivity contribution is 9.10. The Morgan fingerprint density at radius 3 is 2.64 bits per heavy atom. The number of anilines is 1. The number of aromatic nitrogens is 1. The normalized spacial score (nSPS) is 15.4. The topological polar surface area (TPSA) is 101 Å². The predicted octanol–water partition coefficient (Wildman–Crippen LogP) is 4.33. The van der Waals surface area contributed by atoms with Gasteiger partial charge in [0.2, 0.25) is 0 Å². The summed E-state index contributed by atoms with van der Waals surface area (Å²) < 4.78 is 7.52. The number of amides is 3. The Morgan fingerprint density at radius 1 is 1.09 bits per heavy atom. The number of halogens is 3. The van der Waals surface area contributed by atoms with E-state index in [1.54, 1.807) is 36.4 Å². The van der Waals surface area contributed by atoms with Crippen molar-refractivity contribution < 1.29 is 19.1 Å². The van der Waals surface area contributed by atoms with Gasteiger partial charge in [0.15, 0.2) is 0 Å². The van der Waals surface area contributed by atoms with E-state index >= 15 is 0 Å². The van der Waals surface area contributed by atoms with Gasteiger partial charge < -0.3 is 15.4 Å². The minimum Gasteiger partial charge on any atom is -0.376 e. The Morgan fingerprint density at radius 2 is 1.91 bits per heavy atom. The monoisotopic (exact) mass is 552 g/mol. The van der Waals surface area contributed by atoms with Crippen LogP contribution in [-0.2, 0) is 14.3 Å². The third kappa shape index (κ3) is 5.50. The second kappa shape index (κ2) is 10.1. The zero-order valence-electron chi connectivity index (χ0n) is 17.2. The average Bonchev–Trinajstić information content (AvgIpc) is 3.42. The van der Waals surface area contributed by atoms with Gasteiger partial charge in [-0.2, -0.15) is 0 Å². The van der Waals surface area contributed by atoms with Crippen LogP contribution in [0.2, 0.25) is 10.0 Å². The smallest absolute Gasteiger partial charge is 0.328 e. The highest BCUT2D eigenvalue weighted by atomic mass is 79.9. The number of hydrogen-bond acceptors (Lipinski definition) is 4. The SMILES string of the molecule is O=C(NC[C@@H]1CCCO1)C(=O)Nn1c(C(=O)Nc2ccc(Cl)cc2Cl)cc2cc(Br)ccc21. The fourth-order valence-electron chi connectivity index (χ4n) is 3.50. The number of rotatable bonds is 5. The zero-order valence-corrected chi connectivity index (χ0v) is 20.3. The van der Waals surface area contributed by atoms with E-state index < -0.39 is 17.7 Å². The molecule has 2 heterocycles. The molecule has 0 saturated carbocycles. The largest absolute Gasteiger partial charge is 0.376 e. The van der Waals surface area contributed by atoms with E-state index in [1.807, 2.05) is 0 Å². The van der Waals surface area contributed by atoms with Crippen molar-refractivity contribution in [2.75, 3.05) is 23.9 Å². The van der Waals surface area contributed by atoms with E-state index in [0.29, 0.717) is 28.2 Å². The molecule has 2 aromatic carbocycles. The molecule has 1 fully saturated rings. The van der Waals surface area contributed by atoms with Crippen molar-refractivity contribution in [1.29, 1.82) is 0 Å². The lowest BCUT2D eigenvalue weighted by Gasteiger charge is -2.14. The van der Waals surface area contributed by atoms with Crippen LogP contribution in [0.5, 0.6) is 0 Å². The number of carbonyl (C=O) groups is 3. The molecule has 0 unspecified atom stereocenters. The van der Waals surface area contributed by atoms with Crippen molar-refractivity contribution in [2.24, 2.45) is 0 Å². The van der Waals surface area contributed by atoms with Crippen molar-refractivity contribution in [3.63, 3.8) is 0 Å². The van der Waals surface area contributed by atoms with Crippen LogP contribution in [0.25, 0.3) is 10.9 Å². The molecule has 1 aromatic heterocycles. The molecule has 11 heteroatoms. The molecule has 4 rings (SSSR count). The van der Waals surface area contributed by atoms with E-state index in [4.69, 9.17) is 27.9 Å². The van der Waals surface area contributed by atoms with Crippen LogP contribution in [0, 0.1) is 0 Å². The molecule has 0 spiro atoms. The summed E-state index contributed by atoms with van der Waals surface area (Å²) in [4.78, 5) is 38.0. The van der Waals surface area contributed by atoms with E-state index in [1.165, 1.54) is 10.7 Å². The van der Waals surface area contributed by atoms with Crippen LogP contribution in [-0.4, -0.2) is 41.7 Å². The van der Waals surface area contributed by atoms with Gasteiger partial charge in [-0.05, 0) is 55.3 Å². The minimum atomic E-state index is -0.910. The number of carbonyl (C=O) groups excluding carboxylic acids is 3. The lowest BCUT2D eigenvalue weighted by molar-refractivity contribution is -0.136. The lowest BCUT2D eigenvalue weighted by Crippen LogP contribution is -2.42. The Kier molecular flexibility index (Phi) is 7.23. The number of hydrogen-bond donors (Lipinski definition) is 3. The van der Waals surface area contributed by atoms with Gasteiger partial charge in [0, 0.05) is 28.0 Å². The highest BCUT2D eigenvalue weighted by Crippen LogP contribution is 2.27. The summed E-state index contributed by atoms with van der Waals surface area (Å²) in [7, 11) is 0. The predicted molar refractivity (Wildman–Crippen MR) is 130 cm³/mol. The molecule has 3 N–H and O–H groups in total. The molecule has 0 aliphatic carbocycles. The third-order valence-electron chi connectivity index (χ3n) is 5.11. The van der Waals surface area contributed by atoms with Crippen molar-refractivity contribution in [3.8, 4) is 0 Å². The van der Waals surface area contributed by atoms with E-state index in [2.05, 4.69) is 32.0 Å². The van der Waals surface area contributed by atoms with Crippen molar-refractivity contribution in [2.45, 2.75) is 18.9 Å². The second-order valence-corrected chi connectivity index (χ2v) is 9.19. The van der Waals surface area contributed by atoms with E-state index in [9.17, 15) is 14.4 Å². The lowest BCUT2D eigenvalue weighted by atomic mass is 10.2. The second-order valence-electron chi connectivity index (χ2n) is 7.43. The summed E-state index contributed by atoms with van der Waals surface area (Å²) in [6, 6.07) is 11.5. The molecule has 0 bridgehead atoms. The molecular formula is C22H19BrCl2N4O4. The highest BCUT2D eigenvalue weighted by Gasteiger charge is 2.23. The van der Waals surface area contributed by atoms with Crippen molar-refractivity contribution >= 4 is 73.4 Å². The minimum absolute atomic E-state index is 0.100. The summed E-state index contributed by atoms with van der Waals surface area (Å²) >= 11 is 15.5. The summed E-state index contributed by atoms with van der Waals surface area (Å²) in [5.41, 5.74) is 3.50. The maximum Gasteiger partial charge on any atom is 0.328 e. The molecule has 33 heavy (non-hydrogen) atoms. The summed E-state index contributed by atoms with van der Waals surface area (Å²) in [6.07, 6.45) is 1.65. The Balaban J connectivity index is 1.58. The number of nitrogens with one attached hydrogen (secondary N) is 3. The Hall–Kier alpha value is -2.59. The van der Waals surface area contributed by atoms with Crippen LogP contribution >= 0.6 is 39.1 Å². The molecule has 1 atom stereocenters. The molecular weight excluding hydrogens is 535 g/mol. The van der Waals surface area contributed by atoms with Crippen LogP contribution in [0.15, 0.2) is 46.9 Å². The van der Waals surface area contributed by atoms with Gasteiger partial charge in [-0.3, -0.25) is 19.8 Å². The van der Waals surface area contributed by atoms with Gasteiger partial charge >= 0.3 is 11.8 Å². The maximum absolute atomic E-state index is 13.1. The van der Waals surface area contributed by atoms with Gasteiger partial charge in [-0.25, -0.2) is 4.68 Å². The van der Waals surface area contributed by atoms with E-state index in [0.717, 1.165) is 17.3 Å². The van der Waals surface area contributed by atoms with Gasteiger partial charge in [0.1, 0.15) is 5.69 Å². The molecule has 3 aromatic rings. The summed E-state index contributed by atoms with van der Waals surface area (Å²) in [6.45, 7) is 0.891. The molecule has 1 aliphatic heterocycles. The molecule has 1 aliphatic rings. The van der Waals surface area contributed by atoms with Crippen molar-refractivity contribution in [1.82, 2.24) is 9.99 Å². The third-order valence-corrected chi connectivity index (χ3v) is 6.15. The van der Waals surface area contributed by atoms with E-state index in [-0.39, 0.29) is 23.4 Å². The first kappa shape index (κ1) is 23.6. The Labute approximate surface area is 207 Å². The summed E-state index contributed by atoms with van der Waals surface area (Å²) in [5, 5.41) is 6.64.